The van der Waals surface area contributed by atoms with Crippen LogP contribution in [0, 0.1) is 0 Å². The molecule has 0 fully saturated rings. The number of aliphatic hydroxyl groups excluding tert-OH is 1. The van der Waals surface area contributed by atoms with Crippen LogP contribution in [0.25, 0.3) is 6.08 Å². The number of benzene rings is 1. The Labute approximate surface area is 150 Å². The molecule has 6 heteroatoms. The fraction of sp³-hybridized carbons (Fsp3) is 0.579. The Bertz CT molecular complexity index is 499. The molecule has 142 valence electrons. The SMILES string of the molecule is C/C=C/c1ccc(OC[C@H](O)CN(CCOC)CCOC)c(OC)c1. The van der Waals surface area contributed by atoms with Gasteiger partial charge in [-0.1, -0.05) is 18.2 Å². The fourth-order valence-corrected chi connectivity index (χ4v) is 2.37. The molecule has 0 aromatic heterocycles. The highest BCUT2D eigenvalue weighted by atomic mass is 16.5. The Hall–Kier alpha value is -1.60. The lowest BCUT2D eigenvalue weighted by atomic mass is 10.2. The van der Waals surface area contributed by atoms with Crippen molar-refractivity contribution < 1.29 is 24.1 Å². The molecule has 25 heavy (non-hydrogen) atoms. The lowest BCUT2D eigenvalue weighted by molar-refractivity contribution is 0.0454. The van der Waals surface area contributed by atoms with E-state index in [9.17, 15) is 5.11 Å². The van der Waals surface area contributed by atoms with Crippen molar-refractivity contribution in [1.29, 1.82) is 0 Å². The van der Waals surface area contributed by atoms with Crippen molar-refractivity contribution in [3.8, 4) is 11.5 Å². The van der Waals surface area contributed by atoms with Crippen LogP contribution in [0.15, 0.2) is 24.3 Å². The van der Waals surface area contributed by atoms with E-state index in [-0.39, 0.29) is 6.61 Å². The lowest BCUT2D eigenvalue weighted by Gasteiger charge is -2.24. The van der Waals surface area contributed by atoms with Gasteiger partial charge < -0.3 is 24.1 Å². The second-order valence-electron chi connectivity index (χ2n) is 5.66. The van der Waals surface area contributed by atoms with Gasteiger partial charge in [-0.2, -0.15) is 0 Å². The third-order valence-electron chi connectivity index (χ3n) is 3.67. The molecule has 0 radical (unpaired) electrons. The van der Waals surface area contributed by atoms with Gasteiger partial charge in [0.15, 0.2) is 11.5 Å². The number of ether oxygens (including phenoxy) is 4. The van der Waals surface area contributed by atoms with E-state index >= 15 is 0 Å². The summed E-state index contributed by atoms with van der Waals surface area (Å²) in [6.45, 7) is 5.33. The van der Waals surface area contributed by atoms with Crippen LogP contribution in [-0.4, -0.2) is 76.9 Å². The number of hydrogen-bond acceptors (Lipinski definition) is 6. The molecule has 0 heterocycles. The topological polar surface area (TPSA) is 60.4 Å². The number of nitrogens with zero attached hydrogens (tertiary/aromatic N) is 1. The van der Waals surface area contributed by atoms with Crippen molar-refractivity contribution in [3.63, 3.8) is 0 Å². The molecule has 6 nitrogen and oxygen atoms in total. The Morgan fingerprint density at radius 3 is 2.32 bits per heavy atom. The van der Waals surface area contributed by atoms with Gasteiger partial charge in [0.2, 0.25) is 0 Å². The van der Waals surface area contributed by atoms with Crippen LogP contribution < -0.4 is 9.47 Å². The van der Waals surface area contributed by atoms with Crippen LogP contribution in [0.2, 0.25) is 0 Å². The minimum Gasteiger partial charge on any atom is -0.493 e. The normalized spacial score (nSPS) is 12.7. The molecule has 0 aliphatic rings. The van der Waals surface area contributed by atoms with E-state index in [1.165, 1.54) is 0 Å². The molecule has 1 rings (SSSR count). The number of methoxy groups -OCH3 is 3. The molecule has 0 saturated carbocycles. The molecule has 0 saturated heterocycles. The first-order chi connectivity index (χ1) is 12.1. The third-order valence-corrected chi connectivity index (χ3v) is 3.67. The van der Waals surface area contributed by atoms with E-state index < -0.39 is 6.10 Å². The summed E-state index contributed by atoms with van der Waals surface area (Å²) in [6.07, 6.45) is 3.34. The highest BCUT2D eigenvalue weighted by Crippen LogP contribution is 2.28. The summed E-state index contributed by atoms with van der Waals surface area (Å²) in [5.74, 6) is 1.27. The highest BCUT2D eigenvalue weighted by Gasteiger charge is 2.14. The van der Waals surface area contributed by atoms with Crippen LogP contribution in [0.3, 0.4) is 0 Å². The fourth-order valence-electron chi connectivity index (χ4n) is 2.37. The molecule has 0 amide bonds. The first-order valence-corrected chi connectivity index (χ1v) is 8.46. The summed E-state index contributed by atoms with van der Waals surface area (Å²) in [5, 5.41) is 10.3. The Kier molecular flexibility index (Phi) is 10.9. The maximum atomic E-state index is 10.3. The maximum absolute atomic E-state index is 10.3. The molecular weight excluding hydrogens is 322 g/mol. The van der Waals surface area contributed by atoms with Crippen molar-refractivity contribution in [2.24, 2.45) is 0 Å². The van der Waals surface area contributed by atoms with Gasteiger partial charge in [0.05, 0.1) is 20.3 Å². The molecule has 0 aliphatic carbocycles. The molecule has 0 bridgehead atoms. The summed E-state index contributed by atoms with van der Waals surface area (Å²) in [7, 11) is 4.94. The summed E-state index contributed by atoms with van der Waals surface area (Å²) in [6, 6.07) is 5.72. The van der Waals surface area contributed by atoms with Crippen molar-refractivity contribution in [2.45, 2.75) is 13.0 Å². The number of hydrogen-bond donors (Lipinski definition) is 1. The molecule has 0 aliphatic heterocycles. The molecule has 1 atom stereocenters. The van der Waals surface area contributed by atoms with Gasteiger partial charge in [0.25, 0.3) is 0 Å². The van der Waals surface area contributed by atoms with Crippen molar-refractivity contribution >= 4 is 6.08 Å². The Morgan fingerprint density at radius 1 is 1.08 bits per heavy atom. The predicted octanol–water partition coefficient (Wildman–Crippen LogP) is 2.06. The molecule has 1 aromatic rings. The zero-order valence-electron chi connectivity index (χ0n) is 15.7. The van der Waals surface area contributed by atoms with Crippen molar-refractivity contribution in [3.05, 3.63) is 29.8 Å². The van der Waals surface area contributed by atoms with E-state index in [0.717, 1.165) is 18.7 Å². The number of rotatable bonds is 13. The minimum atomic E-state index is -0.617. The van der Waals surface area contributed by atoms with Gasteiger partial charge in [0.1, 0.15) is 12.7 Å². The average molecular weight is 353 g/mol. The number of allylic oxidation sites excluding steroid dienone is 1. The average Bonchev–Trinajstić information content (AvgIpc) is 2.62. The smallest absolute Gasteiger partial charge is 0.161 e. The van der Waals surface area contributed by atoms with Gasteiger partial charge in [0, 0.05) is 33.9 Å². The Balaban J connectivity index is 2.57. The minimum absolute atomic E-state index is 0.190. The standard InChI is InChI=1S/C19H31NO5/c1-5-6-16-7-8-18(19(13-16)24-4)25-15-17(21)14-20(9-11-22-2)10-12-23-3/h5-8,13,17,21H,9-12,14-15H2,1-4H3/b6-5+/t17-/m1/s1. The van der Waals surface area contributed by atoms with Crippen LogP contribution in [0.1, 0.15) is 12.5 Å². The van der Waals surface area contributed by atoms with Crippen LogP contribution >= 0.6 is 0 Å². The summed E-state index contributed by atoms with van der Waals surface area (Å²) >= 11 is 0. The Morgan fingerprint density at radius 2 is 1.76 bits per heavy atom. The van der Waals surface area contributed by atoms with Gasteiger partial charge in [-0.15, -0.1) is 0 Å². The highest BCUT2D eigenvalue weighted by molar-refractivity contribution is 5.55. The second-order valence-corrected chi connectivity index (χ2v) is 5.66. The van der Waals surface area contributed by atoms with E-state index in [0.29, 0.717) is 31.3 Å². The van der Waals surface area contributed by atoms with E-state index in [1.807, 2.05) is 37.3 Å². The largest absolute Gasteiger partial charge is 0.493 e. The third kappa shape index (κ3) is 8.36. The first kappa shape index (κ1) is 21.4. The quantitative estimate of drug-likeness (QED) is 0.586. The molecule has 1 aromatic carbocycles. The predicted molar refractivity (Wildman–Crippen MR) is 99.4 cm³/mol. The van der Waals surface area contributed by atoms with Crippen LogP contribution in [-0.2, 0) is 9.47 Å². The van der Waals surface area contributed by atoms with E-state index in [4.69, 9.17) is 18.9 Å². The van der Waals surface area contributed by atoms with E-state index in [1.54, 1.807) is 21.3 Å². The van der Waals surface area contributed by atoms with Gasteiger partial charge in [-0.3, -0.25) is 4.90 Å². The molecular formula is C19H31NO5. The summed E-state index contributed by atoms with van der Waals surface area (Å²) in [5.41, 5.74) is 1.04. The zero-order valence-corrected chi connectivity index (χ0v) is 15.7. The van der Waals surface area contributed by atoms with Crippen molar-refractivity contribution in [2.75, 3.05) is 60.8 Å². The summed E-state index contributed by atoms with van der Waals surface area (Å²) in [4.78, 5) is 2.09. The van der Waals surface area contributed by atoms with Gasteiger partial charge in [-0.25, -0.2) is 0 Å². The van der Waals surface area contributed by atoms with Crippen molar-refractivity contribution in [1.82, 2.24) is 4.90 Å². The molecule has 0 spiro atoms. The van der Waals surface area contributed by atoms with Gasteiger partial charge >= 0.3 is 0 Å². The molecule has 0 unspecified atom stereocenters. The van der Waals surface area contributed by atoms with E-state index in [2.05, 4.69) is 4.90 Å². The van der Waals surface area contributed by atoms with Crippen LogP contribution in [0.4, 0.5) is 0 Å². The summed E-state index contributed by atoms with van der Waals surface area (Å²) < 4.78 is 21.3. The second kappa shape index (κ2) is 12.7. The first-order valence-electron chi connectivity index (χ1n) is 8.46. The molecule has 1 N–H and O–H groups in total. The zero-order chi connectivity index (χ0) is 18.5. The maximum Gasteiger partial charge on any atom is 0.161 e. The van der Waals surface area contributed by atoms with Gasteiger partial charge in [-0.05, 0) is 24.6 Å². The number of aliphatic hydroxyl groups is 1. The lowest BCUT2D eigenvalue weighted by Crippen LogP contribution is -2.39. The monoisotopic (exact) mass is 353 g/mol. The van der Waals surface area contributed by atoms with Crippen LogP contribution in [0.5, 0.6) is 11.5 Å².